The highest BCUT2D eigenvalue weighted by molar-refractivity contribution is 7.09. The molecule has 1 heterocycles. The van der Waals surface area contributed by atoms with E-state index < -0.39 is 6.10 Å². The number of nitrogens with one attached hydrogen (secondary N) is 1. The van der Waals surface area contributed by atoms with E-state index in [1.54, 1.807) is 11.3 Å². The van der Waals surface area contributed by atoms with E-state index in [0.29, 0.717) is 13.1 Å². The van der Waals surface area contributed by atoms with Crippen LogP contribution in [0.4, 0.5) is 0 Å². The van der Waals surface area contributed by atoms with Crippen molar-refractivity contribution in [3.05, 3.63) is 64.1 Å². The van der Waals surface area contributed by atoms with E-state index in [9.17, 15) is 5.11 Å². The molecule has 0 radical (unpaired) electrons. The highest BCUT2D eigenvalue weighted by Crippen LogP contribution is 2.20. The molecule has 3 rings (SSSR count). The Morgan fingerprint density at radius 1 is 1.19 bits per heavy atom. The van der Waals surface area contributed by atoms with Gasteiger partial charge in [0.1, 0.15) is 0 Å². The highest BCUT2D eigenvalue weighted by atomic mass is 32.1. The van der Waals surface area contributed by atoms with E-state index in [4.69, 9.17) is 0 Å². The number of nitrogens with zero attached hydrogens (tertiary/aromatic N) is 1. The van der Waals surface area contributed by atoms with Crippen molar-refractivity contribution >= 4 is 22.1 Å². The first kappa shape index (κ1) is 14.2. The largest absolute Gasteiger partial charge is 0.387 e. The fraction of sp³-hybridized carbons (Fsp3) is 0.235. The molecule has 0 amide bonds. The van der Waals surface area contributed by atoms with Gasteiger partial charge in [0, 0.05) is 18.5 Å². The Hall–Kier alpha value is -1.75. The highest BCUT2D eigenvalue weighted by Gasteiger charge is 2.08. The first-order valence-electron chi connectivity index (χ1n) is 7.01. The summed E-state index contributed by atoms with van der Waals surface area (Å²) in [6.07, 6.45) is -0.505. The number of fused-ring (bicyclic) bond motifs is 1. The fourth-order valence-electron chi connectivity index (χ4n) is 2.36. The lowest BCUT2D eigenvalue weighted by Gasteiger charge is -2.12. The van der Waals surface area contributed by atoms with Crippen molar-refractivity contribution in [3.8, 4) is 0 Å². The van der Waals surface area contributed by atoms with Gasteiger partial charge >= 0.3 is 0 Å². The van der Waals surface area contributed by atoms with E-state index in [-0.39, 0.29) is 0 Å². The van der Waals surface area contributed by atoms with Gasteiger partial charge in [-0.25, -0.2) is 4.98 Å². The molecule has 0 aliphatic carbocycles. The molecule has 0 bridgehead atoms. The van der Waals surface area contributed by atoms with Crippen molar-refractivity contribution < 1.29 is 5.11 Å². The van der Waals surface area contributed by atoms with E-state index in [1.165, 1.54) is 5.39 Å². The third-order valence-corrected chi connectivity index (χ3v) is 4.29. The Kier molecular flexibility index (Phi) is 4.29. The quantitative estimate of drug-likeness (QED) is 0.758. The summed E-state index contributed by atoms with van der Waals surface area (Å²) >= 11 is 1.65. The van der Waals surface area contributed by atoms with E-state index >= 15 is 0 Å². The number of aliphatic hydroxyl groups excluding tert-OH is 1. The van der Waals surface area contributed by atoms with Crippen LogP contribution < -0.4 is 5.32 Å². The van der Waals surface area contributed by atoms with Crippen molar-refractivity contribution in [2.75, 3.05) is 6.54 Å². The lowest BCUT2D eigenvalue weighted by Crippen LogP contribution is -2.21. The summed E-state index contributed by atoms with van der Waals surface area (Å²) in [7, 11) is 0. The van der Waals surface area contributed by atoms with Gasteiger partial charge in [0.05, 0.1) is 16.8 Å². The topological polar surface area (TPSA) is 45.2 Å². The number of aliphatic hydroxyl groups is 1. The van der Waals surface area contributed by atoms with Crippen LogP contribution in [0.25, 0.3) is 10.8 Å². The maximum atomic E-state index is 10.3. The minimum atomic E-state index is -0.505. The second-order valence-electron chi connectivity index (χ2n) is 5.11. The molecule has 1 atom stereocenters. The van der Waals surface area contributed by atoms with Crippen LogP contribution in [0.2, 0.25) is 0 Å². The molecule has 0 saturated carbocycles. The Morgan fingerprint density at radius 3 is 2.76 bits per heavy atom. The zero-order chi connectivity index (χ0) is 14.7. The van der Waals surface area contributed by atoms with Crippen molar-refractivity contribution in [1.82, 2.24) is 10.3 Å². The summed E-state index contributed by atoms with van der Waals surface area (Å²) in [6, 6.07) is 14.3. The number of hydrogen-bond donors (Lipinski definition) is 2. The average molecular weight is 298 g/mol. The molecule has 3 aromatic rings. The van der Waals surface area contributed by atoms with Crippen LogP contribution in [0.3, 0.4) is 0 Å². The van der Waals surface area contributed by atoms with Gasteiger partial charge in [-0.3, -0.25) is 0 Å². The second kappa shape index (κ2) is 6.35. The van der Waals surface area contributed by atoms with E-state index in [0.717, 1.165) is 21.7 Å². The molecule has 1 unspecified atom stereocenters. The molecule has 0 aliphatic heterocycles. The molecule has 0 fully saturated rings. The third-order valence-electron chi connectivity index (χ3n) is 3.47. The third kappa shape index (κ3) is 3.47. The fourth-order valence-corrected chi connectivity index (χ4v) is 2.97. The minimum absolute atomic E-state index is 0.505. The van der Waals surface area contributed by atoms with Crippen LogP contribution in [0.15, 0.2) is 47.8 Å². The number of thiazole rings is 1. The predicted octanol–water partition coefficient (Wildman–Crippen LogP) is 3.43. The lowest BCUT2D eigenvalue weighted by atomic mass is 10.0. The molecule has 2 N–H and O–H groups in total. The van der Waals surface area contributed by atoms with Crippen LogP contribution in [0.5, 0.6) is 0 Å². The van der Waals surface area contributed by atoms with Gasteiger partial charge < -0.3 is 10.4 Å². The Bertz CT molecular complexity index is 738. The number of aromatic nitrogens is 1. The van der Waals surface area contributed by atoms with Crippen LogP contribution in [0.1, 0.15) is 22.4 Å². The summed E-state index contributed by atoms with van der Waals surface area (Å²) in [4.78, 5) is 4.40. The monoisotopic (exact) mass is 298 g/mol. The van der Waals surface area contributed by atoms with E-state index in [2.05, 4.69) is 34.6 Å². The van der Waals surface area contributed by atoms with Gasteiger partial charge in [-0.05, 0) is 29.3 Å². The molecule has 3 nitrogen and oxygen atoms in total. The van der Waals surface area contributed by atoms with Crippen molar-refractivity contribution in [1.29, 1.82) is 0 Å². The summed E-state index contributed by atoms with van der Waals surface area (Å²) in [5, 5.41) is 19.0. The summed E-state index contributed by atoms with van der Waals surface area (Å²) in [5.41, 5.74) is 1.97. The molecule has 0 spiro atoms. The zero-order valence-corrected chi connectivity index (χ0v) is 12.7. The summed E-state index contributed by atoms with van der Waals surface area (Å²) in [5.74, 6) is 0. The average Bonchev–Trinajstić information content (AvgIpc) is 2.92. The Balaban J connectivity index is 1.62. The van der Waals surface area contributed by atoms with Gasteiger partial charge in [-0.1, -0.05) is 36.4 Å². The molecular weight excluding hydrogens is 280 g/mol. The van der Waals surface area contributed by atoms with Crippen molar-refractivity contribution in [2.24, 2.45) is 0 Å². The maximum absolute atomic E-state index is 10.3. The molecule has 2 aromatic carbocycles. The van der Waals surface area contributed by atoms with Crippen molar-refractivity contribution in [3.63, 3.8) is 0 Å². The zero-order valence-electron chi connectivity index (χ0n) is 11.9. The van der Waals surface area contributed by atoms with Crippen LogP contribution >= 0.6 is 11.3 Å². The van der Waals surface area contributed by atoms with Crippen LogP contribution in [-0.2, 0) is 6.54 Å². The van der Waals surface area contributed by atoms with Gasteiger partial charge in [0.25, 0.3) is 0 Å². The summed E-state index contributed by atoms with van der Waals surface area (Å²) < 4.78 is 0. The Morgan fingerprint density at radius 2 is 2.00 bits per heavy atom. The lowest BCUT2D eigenvalue weighted by molar-refractivity contribution is 0.174. The maximum Gasteiger partial charge on any atom is 0.0914 e. The first-order valence-corrected chi connectivity index (χ1v) is 7.89. The number of benzene rings is 2. The minimum Gasteiger partial charge on any atom is -0.387 e. The molecule has 1 aromatic heterocycles. The SMILES string of the molecule is Cc1nc(CNCC(O)c2ccc3ccccc3c2)cs1. The number of rotatable bonds is 5. The van der Waals surface area contributed by atoms with Gasteiger partial charge in [0.2, 0.25) is 0 Å². The second-order valence-corrected chi connectivity index (χ2v) is 6.17. The van der Waals surface area contributed by atoms with Crippen molar-refractivity contribution in [2.45, 2.75) is 19.6 Å². The molecule has 0 saturated heterocycles. The van der Waals surface area contributed by atoms with Gasteiger partial charge in [-0.2, -0.15) is 0 Å². The van der Waals surface area contributed by atoms with Crippen LogP contribution in [-0.4, -0.2) is 16.6 Å². The summed E-state index contributed by atoms with van der Waals surface area (Å²) in [6.45, 7) is 3.21. The molecule has 21 heavy (non-hydrogen) atoms. The molecular formula is C17H18N2OS. The molecule has 108 valence electrons. The van der Waals surface area contributed by atoms with Gasteiger partial charge in [0.15, 0.2) is 0 Å². The molecule has 4 heteroatoms. The van der Waals surface area contributed by atoms with E-state index in [1.807, 2.05) is 30.5 Å². The van der Waals surface area contributed by atoms with Gasteiger partial charge in [-0.15, -0.1) is 11.3 Å². The predicted molar refractivity (Wildman–Crippen MR) is 87.5 cm³/mol. The standard InChI is InChI=1S/C17H18N2OS/c1-12-19-16(11-21-12)9-18-10-17(20)15-7-6-13-4-2-3-5-14(13)8-15/h2-8,11,17-18,20H,9-10H2,1H3. The number of aryl methyl sites for hydroxylation is 1. The first-order chi connectivity index (χ1) is 10.2. The smallest absolute Gasteiger partial charge is 0.0914 e. The van der Waals surface area contributed by atoms with Crippen LogP contribution in [0, 0.1) is 6.92 Å². The number of hydrogen-bond acceptors (Lipinski definition) is 4. The Labute approximate surface area is 128 Å². The molecule has 0 aliphatic rings. The normalized spacial score (nSPS) is 12.7.